The Bertz CT molecular complexity index is 352. The van der Waals surface area contributed by atoms with E-state index in [-0.39, 0.29) is 0 Å². The smallest absolute Gasteiger partial charge is 0.0873 e. The molecule has 0 bridgehead atoms. The summed E-state index contributed by atoms with van der Waals surface area (Å²) in [7, 11) is 0. The van der Waals surface area contributed by atoms with E-state index in [0.29, 0.717) is 5.92 Å². The van der Waals surface area contributed by atoms with Crippen molar-refractivity contribution >= 4 is 0 Å². The molecule has 0 aliphatic heterocycles. The molecule has 1 nitrogen and oxygen atoms in total. The Kier molecular flexibility index (Phi) is 4.15. The van der Waals surface area contributed by atoms with Crippen LogP contribution in [0.25, 0.3) is 0 Å². The van der Waals surface area contributed by atoms with Crippen molar-refractivity contribution in [3.8, 4) is 0 Å². The minimum atomic E-state index is -0.703. The van der Waals surface area contributed by atoms with Crippen LogP contribution in [0.4, 0.5) is 0 Å². The molecule has 1 N–H and O–H groups in total. The highest BCUT2D eigenvalue weighted by Gasteiger charge is 2.26. The lowest BCUT2D eigenvalue weighted by atomic mass is 9.83. The van der Waals surface area contributed by atoms with Crippen LogP contribution in [0.15, 0.2) is 18.2 Å². The SMILES string of the molecule is CCC(C)CC(C)(O)c1cc(C)ccc1C. The molecule has 1 aromatic carbocycles. The molecule has 16 heavy (non-hydrogen) atoms. The molecule has 0 aliphatic rings. The fourth-order valence-corrected chi connectivity index (χ4v) is 2.25. The molecule has 90 valence electrons. The predicted molar refractivity (Wildman–Crippen MR) is 69.6 cm³/mol. The Morgan fingerprint density at radius 3 is 2.50 bits per heavy atom. The van der Waals surface area contributed by atoms with Gasteiger partial charge in [0.05, 0.1) is 5.60 Å². The van der Waals surface area contributed by atoms with Gasteiger partial charge >= 0.3 is 0 Å². The Morgan fingerprint density at radius 2 is 1.94 bits per heavy atom. The van der Waals surface area contributed by atoms with Gasteiger partial charge in [0, 0.05) is 0 Å². The number of aliphatic hydroxyl groups is 1. The quantitative estimate of drug-likeness (QED) is 0.814. The van der Waals surface area contributed by atoms with Crippen LogP contribution in [0, 0.1) is 19.8 Å². The Balaban J connectivity index is 3.01. The van der Waals surface area contributed by atoms with Gasteiger partial charge in [0.2, 0.25) is 0 Å². The number of aryl methyl sites for hydroxylation is 2. The summed E-state index contributed by atoms with van der Waals surface area (Å²) in [4.78, 5) is 0. The van der Waals surface area contributed by atoms with Gasteiger partial charge in [-0.3, -0.25) is 0 Å². The average molecular weight is 220 g/mol. The molecule has 1 heteroatoms. The van der Waals surface area contributed by atoms with Crippen molar-refractivity contribution in [2.24, 2.45) is 5.92 Å². The first-order chi connectivity index (χ1) is 7.36. The molecule has 1 aromatic rings. The molecule has 2 unspecified atom stereocenters. The highest BCUT2D eigenvalue weighted by atomic mass is 16.3. The normalized spacial score (nSPS) is 16.9. The zero-order chi connectivity index (χ0) is 12.3. The van der Waals surface area contributed by atoms with E-state index >= 15 is 0 Å². The molecule has 0 fully saturated rings. The molecule has 0 heterocycles. The van der Waals surface area contributed by atoms with Gasteiger partial charge in [-0.15, -0.1) is 0 Å². The first-order valence-corrected chi connectivity index (χ1v) is 6.17. The standard InChI is InChI=1S/C15H24O/c1-6-11(2)10-15(5,16)14-9-12(3)7-8-13(14)4/h7-9,11,16H,6,10H2,1-5H3. The van der Waals surface area contributed by atoms with Crippen LogP contribution >= 0.6 is 0 Å². The van der Waals surface area contributed by atoms with Gasteiger partial charge < -0.3 is 5.11 Å². The molecule has 0 amide bonds. The molecule has 0 saturated carbocycles. The van der Waals surface area contributed by atoms with E-state index in [1.807, 2.05) is 6.92 Å². The molecule has 0 saturated heterocycles. The lowest BCUT2D eigenvalue weighted by Crippen LogP contribution is -2.25. The largest absolute Gasteiger partial charge is 0.385 e. The monoisotopic (exact) mass is 220 g/mol. The summed E-state index contributed by atoms with van der Waals surface area (Å²) in [6.45, 7) is 10.4. The van der Waals surface area contributed by atoms with Crippen LogP contribution in [-0.4, -0.2) is 5.11 Å². The maximum absolute atomic E-state index is 10.6. The summed E-state index contributed by atoms with van der Waals surface area (Å²) in [5.74, 6) is 0.551. The average Bonchev–Trinajstić information content (AvgIpc) is 2.20. The summed E-state index contributed by atoms with van der Waals surface area (Å²) in [5.41, 5.74) is 2.77. The highest BCUT2D eigenvalue weighted by molar-refractivity contribution is 5.34. The number of benzene rings is 1. The second-order valence-corrected chi connectivity index (χ2v) is 5.31. The third-order valence-corrected chi connectivity index (χ3v) is 3.42. The van der Waals surface area contributed by atoms with Crippen LogP contribution in [0.1, 0.15) is 50.3 Å². The van der Waals surface area contributed by atoms with Crippen molar-refractivity contribution in [2.45, 2.75) is 53.1 Å². The molecule has 0 aromatic heterocycles. The van der Waals surface area contributed by atoms with Gasteiger partial charge in [-0.1, -0.05) is 44.0 Å². The molecule has 2 atom stereocenters. The van der Waals surface area contributed by atoms with Gasteiger partial charge in [-0.2, -0.15) is 0 Å². The highest BCUT2D eigenvalue weighted by Crippen LogP contribution is 2.31. The lowest BCUT2D eigenvalue weighted by Gasteiger charge is -2.28. The first-order valence-electron chi connectivity index (χ1n) is 6.17. The summed E-state index contributed by atoms with van der Waals surface area (Å²) in [6, 6.07) is 6.30. The topological polar surface area (TPSA) is 20.2 Å². The summed E-state index contributed by atoms with van der Waals surface area (Å²) in [5, 5.41) is 10.6. The van der Waals surface area contributed by atoms with Crippen molar-refractivity contribution in [1.82, 2.24) is 0 Å². The fourth-order valence-electron chi connectivity index (χ4n) is 2.25. The zero-order valence-corrected chi connectivity index (χ0v) is 11.2. The molecular weight excluding hydrogens is 196 g/mol. The molecule has 0 radical (unpaired) electrons. The van der Waals surface area contributed by atoms with Crippen LogP contribution in [0.5, 0.6) is 0 Å². The number of hydrogen-bond acceptors (Lipinski definition) is 1. The minimum Gasteiger partial charge on any atom is -0.385 e. The third-order valence-electron chi connectivity index (χ3n) is 3.42. The first kappa shape index (κ1) is 13.2. The van der Waals surface area contributed by atoms with Crippen molar-refractivity contribution in [2.75, 3.05) is 0 Å². The van der Waals surface area contributed by atoms with Gasteiger partial charge in [0.15, 0.2) is 0 Å². The maximum Gasteiger partial charge on any atom is 0.0873 e. The Labute approximate surface area is 99.5 Å². The number of hydrogen-bond donors (Lipinski definition) is 1. The van der Waals surface area contributed by atoms with E-state index in [9.17, 15) is 5.11 Å². The fraction of sp³-hybridized carbons (Fsp3) is 0.600. The van der Waals surface area contributed by atoms with E-state index in [4.69, 9.17) is 0 Å². The maximum atomic E-state index is 10.6. The lowest BCUT2D eigenvalue weighted by molar-refractivity contribution is 0.0312. The van der Waals surface area contributed by atoms with Crippen LogP contribution < -0.4 is 0 Å². The van der Waals surface area contributed by atoms with Crippen LogP contribution in [0.2, 0.25) is 0 Å². The Hall–Kier alpha value is -0.820. The van der Waals surface area contributed by atoms with E-state index in [1.165, 1.54) is 11.1 Å². The third kappa shape index (κ3) is 3.08. The van der Waals surface area contributed by atoms with Crippen molar-refractivity contribution in [1.29, 1.82) is 0 Å². The van der Waals surface area contributed by atoms with Crippen LogP contribution in [-0.2, 0) is 5.60 Å². The van der Waals surface area contributed by atoms with E-state index in [0.717, 1.165) is 18.4 Å². The van der Waals surface area contributed by atoms with Crippen LogP contribution in [0.3, 0.4) is 0 Å². The van der Waals surface area contributed by atoms with E-state index in [2.05, 4.69) is 45.9 Å². The minimum absolute atomic E-state index is 0.551. The van der Waals surface area contributed by atoms with Gasteiger partial charge in [-0.05, 0) is 44.2 Å². The molecule has 1 rings (SSSR count). The zero-order valence-electron chi connectivity index (χ0n) is 11.2. The van der Waals surface area contributed by atoms with E-state index < -0.39 is 5.60 Å². The summed E-state index contributed by atoms with van der Waals surface area (Å²) < 4.78 is 0. The number of rotatable bonds is 4. The van der Waals surface area contributed by atoms with Gasteiger partial charge in [-0.25, -0.2) is 0 Å². The molecule has 0 spiro atoms. The van der Waals surface area contributed by atoms with Crippen molar-refractivity contribution in [3.05, 3.63) is 34.9 Å². The molecular formula is C15H24O. The second kappa shape index (κ2) is 5.01. The Morgan fingerprint density at radius 1 is 1.31 bits per heavy atom. The van der Waals surface area contributed by atoms with Gasteiger partial charge in [0.1, 0.15) is 0 Å². The van der Waals surface area contributed by atoms with Crippen molar-refractivity contribution < 1.29 is 5.11 Å². The van der Waals surface area contributed by atoms with Gasteiger partial charge in [0.25, 0.3) is 0 Å². The summed E-state index contributed by atoms with van der Waals surface area (Å²) in [6.07, 6.45) is 1.94. The summed E-state index contributed by atoms with van der Waals surface area (Å²) >= 11 is 0. The van der Waals surface area contributed by atoms with Crippen molar-refractivity contribution in [3.63, 3.8) is 0 Å². The second-order valence-electron chi connectivity index (χ2n) is 5.31. The van der Waals surface area contributed by atoms with E-state index in [1.54, 1.807) is 0 Å². The molecule has 0 aliphatic carbocycles. The predicted octanol–water partition coefficient (Wildman–Crippen LogP) is 3.95.